The summed E-state index contributed by atoms with van der Waals surface area (Å²) >= 11 is 1.32. The van der Waals surface area contributed by atoms with Crippen LogP contribution in [0.3, 0.4) is 0 Å². The van der Waals surface area contributed by atoms with Crippen LogP contribution in [0.25, 0.3) is 20.5 Å². The van der Waals surface area contributed by atoms with Gasteiger partial charge in [-0.05, 0) is 35.7 Å². The highest BCUT2D eigenvalue weighted by Crippen LogP contribution is 2.54. The van der Waals surface area contributed by atoms with Crippen LogP contribution in [-0.4, -0.2) is 47.9 Å². The number of carbonyl (C=O) groups excluding carboxylic acids is 1. The minimum Gasteiger partial charge on any atom is -0.493 e. The Kier molecular flexibility index (Phi) is 8.15. The molecule has 0 saturated carbocycles. The number of nitrogens with zero attached hydrogens (tertiary/aromatic N) is 1. The number of hydrogen-bond donors (Lipinski definition) is 0. The molecule has 4 nitrogen and oxygen atoms in total. The number of carbonyl (C=O) groups is 1. The lowest BCUT2D eigenvalue weighted by molar-refractivity contribution is -0.368. The van der Waals surface area contributed by atoms with Crippen molar-refractivity contribution in [2.24, 2.45) is 0 Å². The predicted octanol–water partition coefficient (Wildman–Crippen LogP) is 7.39. The monoisotopic (exact) mass is 553 g/mol. The molecule has 0 amide bonds. The fourth-order valence-electron chi connectivity index (χ4n) is 3.16. The molecule has 0 bridgehead atoms. The Labute approximate surface area is 209 Å². The number of esters is 1. The fraction of sp³-hybridized carbons (Fsp3) is 0.333. The van der Waals surface area contributed by atoms with Gasteiger partial charge >= 0.3 is 29.7 Å². The largest absolute Gasteiger partial charge is 0.493 e. The lowest BCUT2D eigenvalue weighted by atomic mass is 9.95. The molecular formula is C24H19F8NO3S. The summed E-state index contributed by atoms with van der Waals surface area (Å²) in [6.07, 6.45) is -0.323. The van der Waals surface area contributed by atoms with E-state index in [0.717, 1.165) is 15.8 Å². The van der Waals surface area contributed by atoms with Gasteiger partial charge < -0.3 is 9.47 Å². The highest BCUT2D eigenvalue weighted by Gasteiger charge is 2.79. The number of thiophene rings is 1. The first-order valence-corrected chi connectivity index (χ1v) is 11.4. The van der Waals surface area contributed by atoms with Crippen molar-refractivity contribution in [1.29, 1.82) is 0 Å². The van der Waals surface area contributed by atoms with Gasteiger partial charge in [0.05, 0.1) is 26.1 Å². The van der Waals surface area contributed by atoms with Gasteiger partial charge in [-0.2, -0.15) is 35.1 Å². The molecule has 0 unspecified atom stereocenters. The molecule has 200 valence electrons. The van der Waals surface area contributed by atoms with Crippen LogP contribution in [0.15, 0.2) is 61.4 Å². The average molecular weight is 553 g/mol. The number of halogens is 8. The van der Waals surface area contributed by atoms with Crippen LogP contribution >= 0.6 is 11.3 Å². The highest BCUT2D eigenvalue weighted by molar-refractivity contribution is 7.22. The number of rotatable bonds is 12. The van der Waals surface area contributed by atoms with E-state index in [0.29, 0.717) is 10.8 Å². The zero-order chi connectivity index (χ0) is 27.5. The summed E-state index contributed by atoms with van der Waals surface area (Å²) in [5.41, 5.74) is 0.824. The van der Waals surface area contributed by atoms with E-state index in [2.05, 4.69) is 16.3 Å². The molecule has 0 atom stereocenters. The Morgan fingerprint density at radius 1 is 0.946 bits per heavy atom. The first-order valence-electron chi connectivity index (χ1n) is 10.6. The van der Waals surface area contributed by atoms with Crippen molar-refractivity contribution in [2.45, 2.75) is 36.5 Å². The van der Waals surface area contributed by atoms with E-state index >= 15 is 0 Å². The molecule has 2 heterocycles. The Morgan fingerprint density at radius 3 is 2.19 bits per heavy atom. The van der Waals surface area contributed by atoms with Gasteiger partial charge in [0.15, 0.2) is 0 Å². The van der Waals surface area contributed by atoms with Crippen LogP contribution in [0, 0.1) is 0 Å². The molecule has 0 aliphatic heterocycles. The van der Waals surface area contributed by atoms with Crippen molar-refractivity contribution in [2.75, 3.05) is 13.2 Å². The average Bonchev–Trinajstić information content (AvgIpc) is 3.27. The van der Waals surface area contributed by atoms with Crippen molar-refractivity contribution in [3.63, 3.8) is 0 Å². The Morgan fingerprint density at radius 2 is 1.59 bits per heavy atom. The van der Waals surface area contributed by atoms with Crippen LogP contribution in [0.5, 0.6) is 5.75 Å². The third kappa shape index (κ3) is 5.86. The Balaban J connectivity index is 1.66. The molecule has 3 rings (SSSR count). The van der Waals surface area contributed by atoms with E-state index in [4.69, 9.17) is 4.74 Å². The van der Waals surface area contributed by atoms with Gasteiger partial charge in [0.1, 0.15) is 5.75 Å². The predicted molar refractivity (Wildman–Crippen MR) is 121 cm³/mol. The lowest BCUT2D eigenvalue weighted by Gasteiger charge is -2.36. The van der Waals surface area contributed by atoms with Gasteiger partial charge in [-0.3, -0.25) is 4.98 Å². The molecule has 0 aliphatic carbocycles. The van der Waals surface area contributed by atoms with Crippen LogP contribution in [0.1, 0.15) is 12.8 Å². The first-order chi connectivity index (χ1) is 17.2. The molecule has 0 aliphatic rings. The molecule has 2 aromatic heterocycles. The van der Waals surface area contributed by atoms with Crippen LogP contribution in [0.4, 0.5) is 35.1 Å². The fourth-order valence-corrected chi connectivity index (χ4v) is 4.24. The van der Waals surface area contributed by atoms with Crippen LogP contribution in [0.2, 0.25) is 0 Å². The zero-order valence-electron chi connectivity index (χ0n) is 18.8. The quantitative estimate of drug-likeness (QED) is 0.133. The lowest BCUT2D eigenvalue weighted by Crippen LogP contribution is -2.62. The van der Waals surface area contributed by atoms with Gasteiger partial charge in [-0.1, -0.05) is 12.6 Å². The first kappa shape index (κ1) is 28.4. The van der Waals surface area contributed by atoms with Crippen LogP contribution < -0.4 is 4.74 Å². The smallest absolute Gasteiger partial charge is 0.378 e. The second-order valence-electron chi connectivity index (χ2n) is 7.83. The second kappa shape index (κ2) is 10.6. The van der Waals surface area contributed by atoms with E-state index in [-0.39, 0.29) is 5.75 Å². The molecule has 0 fully saturated rings. The highest BCUT2D eigenvalue weighted by atomic mass is 32.1. The standard InChI is InChI=1S/C24H19F8NO3S/c1-2-20(34)36-11-8-22(27,28)24(31,32)23(29,30)21(25,26)7-10-35-17-6-5-15-12-18(37-19(15)13-17)16-4-3-9-33-14-16/h2-6,9,12-14H,1,7-8,10-11H2. The van der Waals surface area contributed by atoms with Gasteiger partial charge in [-0.15, -0.1) is 11.3 Å². The zero-order valence-corrected chi connectivity index (χ0v) is 19.7. The summed E-state index contributed by atoms with van der Waals surface area (Å²) in [5.74, 6) is -25.3. The number of hydrogen-bond acceptors (Lipinski definition) is 5. The number of alkyl halides is 8. The number of fused-ring (bicyclic) bond motifs is 1. The van der Waals surface area contributed by atoms with Gasteiger partial charge in [0.2, 0.25) is 0 Å². The van der Waals surface area contributed by atoms with Crippen molar-refractivity contribution in [3.8, 4) is 16.2 Å². The minimum absolute atomic E-state index is 0.00710. The van der Waals surface area contributed by atoms with E-state index in [1.165, 1.54) is 23.5 Å². The van der Waals surface area contributed by atoms with E-state index in [9.17, 15) is 39.9 Å². The third-order valence-corrected chi connectivity index (χ3v) is 6.41. The van der Waals surface area contributed by atoms with Gasteiger partial charge in [0, 0.05) is 33.6 Å². The molecule has 37 heavy (non-hydrogen) atoms. The molecule has 0 saturated heterocycles. The van der Waals surface area contributed by atoms with E-state index in [1.807, 2.05) is 12.1 Å². The van der Waals surface area contributed by atoms with Crippen molar-refractivity contribution < 1.29 is 49.4 Å². The molecule has 1 aromatic carbocycles. The molecular weight excluding hydrogens is 534 g/mol. The summed E-state index contributed by atoms with van der Waals surface area (Å²) in [7, 11) is 0. The topological polar surface area (TPSA) is 48.4 Å². The Bertz CT molecular complexity index is 1250. The number of benzene rings is 1. The van der Waals surface area contributed by atoms with Crippen molar-refractivity contribution in [1.82, 2.24) is 4.98 Å². The van der Waals surface area contributed by atoms with Crippen LogP contribution in [-0.2, 0) is 9.53 Å². The normalized spacial score (nSPS) is 13.0. The van der Waals surface area contributed by atoms with E-state index < -0.39 is 55.7 Å². The molecule has 13 heteroatoms. The third-order valence-electron chi connectivity index (χ3n) is 5.26. The van der Waals surface area contributed by atoms with Crippen molar-refractivity contribution >= 4 is 27.4 Å². The summed E-state index contributed by atoms with van der Waals surface area (Å²) in [6, 6.07) is 9.80. The molecule has 0 radical (unpaired) electrons. The maximum absolute atomic E-state index is 14.1. The molecule has 3 aromatic rings. The summed E-state index contributed by atoms with van der Waals surface area (Å²) in [6.45, 7) is 0.362. The minimum atomic E-state index is -6.46. The maximum atomic E-state index is 14.1. The van der Waals surface area contributed by atoms with E-state index in [1.54, 1.807) is 24.5 Å². The number of aromatic nitrogens is 1. The molecule has 0 N–H and O–H groups in total. The second-order valence-corrected chi connectivity index (χ2v) is 8.91. The molecule has 0 spiro atoms. The SMILES string of the molecule is C=CC(=O)OCCC(F)(F)C(F)(F)C(F)(F)C(F)(F)CCOc1ccc2cc(-c3cccnc3)sc2c1. The van der Waals surface area contributed by atoms with Gasteiger partial charge in [-0.25, -0.2) is 4.79 Å². The summed E-state index contributed by atoms with van der Waals surface area (Å²) in [4.78, 5) is 15.7. The number of ether oxygens (including phenoxy) is 2. The maximum Gasteiger partial charge on any atom is 0.378 e. The summed E-state index contributed by atoms with van der Waals surface area (Å²) in [5, 5.41) is 0.772. The number of pyridine rings is 1. The summed E-state index contributed by atoms with van der Waals surface area (Å²) < 4.78 is 122. The Hall–Kier alpha value is -3.22. The van der Waals surface area contributed by atoms with Gasteiger partial charge in [0.25, 0.3) is 0 Å². The van der Waals surface area contributed by atoms with Crippen molar-refractivity contribution in [3.05, 3.63) is 61.4 Å².